The van der Waals surface area contributed by atoms with Gasteiger partial charge in [0.15, 0.2) is 11.7 Å². The Balaban J connectivity index is 2.18. The minimum Gasteiger partial charge on any atom is -0.479 e. The number of carbonyl (C=O) groups is 1. The van der Waals surface area contributed by atoms with Gasteiger partial charge in [-0.25, -0.2) is 23.0 Å². The van der Waals surface area contributed by atoms with Crippen LogP contribution in [0.3, 0.4) is 0 Å². The summed E-state index contributed by atoms with van der Waals surface area (Å²) in [5.74, 6) is -1.59. The first-order chi connectivity index (χ1) is 13.9. The van der Waals surface area contributed by atoms with E-state index in [-0.39, 0.29) is 21.6 Å². The maximum Gasteiger partial charge on any atom is 0.433 e. The molecule has 1 unspecified atom stereocenters. The molecule has 0 saturated carbocycles. The summed E-state index contributed by atoms with van der Waals surface area (Å²) in [7, 11) is -4.05. The highest BCUT2D eigenvalue weighted by Gasteiger charge is 2.42. The highest BCUT2D eigenvalue weighted by Crippen LogP contribution is 2.39. The lowest BCUT2D eigenvalue weighted by Gasteiger charge is -2.19. The number of hydrogen-bond donors (Lipinski definition) is 2. The van der Waals surface area contributed by atoms with Crippen LogP contribution < -0.4 is 5.14 Å². The van der Waals surface area contributed by atoms with Crippen LogP contribution in [0.15, 0.2) is 59.6 Å². The van der Waals surface area contributed by atoms with Gasteiger partial charge in [0.25, 0.3) is 0 Å². The van der Waals surface area contributed by atoms with E-state index in [4.69, 9.17) is 5.14 Å². The SMILES string of the molecule is Cc1ccc(-c2cnn(C(C(=O)O)c3ccc(S(N)(=O)=O)cc3)c2C(F)(F)F)cc1. The number of carboxylic acids is 1. The Bertz CT molecular complexity index is 1190. The van der Waals surface area contributed by atoms with Crippen LogP contribution in [0.5, 0.6) is 0 Å². The van der Waals surface area contributed by atoms with E-state index in [9.17, 15) is 31.5 Å². The van der Waals surface area contributed by atoms with E-state index in [2.05, 4.69) is 5.10 Å². The van der Waals surface area contributed by atoms with E-state index in [0.717, 1.165) is 36.0 Å². The van der Waals surface area contributed by atoms with Crippen LogP contribution in [0, 0.1) is 6.92 Å². The molecule has 0 spiro atoms. The quantitative estimate of drug-likeness (QED) is 0.634. The molecule has 2 aromatic carbocycles. The molecular formula is C19H16F3N3O4S. The molecule has 0 radical (unpaired) electrons. The Morgan fingerprint density at radius 1 is 1.10 bits per heavy atom. The van der Waals surface area contributed by atoms with Crippen LogP contribution in [0.1, 0.15) is 22.9 Å². The van der Waals surface area contributed by atoms with E-state index >= 15 is 0 Å². The van der Waals surface area contributed by atoms with Crippen LogP contribution in [-0.2, 0) is 21.0 Å². The molecule has 30 heavy (non-hydrogen) atoms. The average molecular weight is 439 g/mol. The molecule has 3 N–H and O–H groups in total. The molecule has 0 fully saturated rings. The average Bonchev–Trinajstić information content (AvgIpc) is 3.07. The number of nitrogens with zero attached hydrogens (tertiary/aromatic N) is 2. The van der Waals surface area contributed by atoms with Gasteiger partial charge in [-0.1, -0.05) is 42.0 Å². The lowest BCUT2D eigenvalue weighted by Crippen LogP contribution is -2.26. The highest BCUT2D eigenvalue weighted by atomic mass is 32.2. The van der Waals surface area contributed by atoms with E-state index in [0.29, 0.717) is 4.68 Å². The maximum absolute atomic E-state index is 13.9. The van der Waals surface area contributed by atoms with Gasteiger partial charge in [0.2, 0.25) is 10.0 Å². The van der Waals surface area contributed by atoms with Gasteiger partial charge in [-0.2, -0.15) is 18.3 Å². The van der Waals surface area contributed by atoms with Crippen molar-refractivity contribution in [2.45, 2.75) is 24.0 Å². The van der Waals surface area contributed by atoms with Gasteiger partial charge in [-0.15, -0.1) is 0 Å². The molecular weight excluding hydrogens is 423 g/mol. The van der Waals surface area contributed by atoms with E-state index in [1.165, 1.54) is 12.1 Å². The van der Waals surface area contributed by atoms with Crippen molar-refractivity contribution < 1.29 is 31.5 Å². The molecule has 158 valence electrons. The summed E-state index contributed by atoms with van der Waals surface area (Å²) < 4.78 is 64.9. The number of rotatable bonds is 5. The summed E-state index contributed by atoms with van der Waals surface area (Å²) in [5, 5.41) is 18.4. The molecule has 1 aromatic heterocycles. The first-order valence-electron chi connectivity index (χ1n) is 8.47. The number of benzene rings is 2. The fourth-order valence-corrected chi connectivity index (χ4v) is 3.53. The van der Waals surface area contributed by atoms with Crippen molar-refractivity contribution in [2.24, 2.45) is 5.14 Å². The molecule has 3 rings (SSSR count). The summed E-state index contributed by atoms with van der Waals surface area (Å²) in [6.07, 6.45) is -3.94. The third-order valence-corrected chi connectivity index (χ3v) is 5.36. The predicted octanol–water partition coefficient (Wildman–Crippen LogP) is 3.20. The maximum atomic E-state index is 13.9. The lowest BCUT2D eigenvalue weighted by molar-refractivity contribution is -0.148. The molecule has 0 bridgehead atoms. The number of aryl methyl sites for hydroxylation is 1. The highest BCUT2D eigenvalue weighted by molar-refractivity contribution is 7.89. The number of sulfonamides is 1. The number of aromatic nitrogens is 2. The minimum absolute atomic E-state index is 0.0982. The summed E-state index contributed by atoms with van der Waals surface area (Å²) in [6.45, 7) is 1.78. The number of primary sulfonamides is 1. The second-order valence-corrected chi connectivity index (χ2v) is 8.13. The van der Waals surface area contributed by atoms with Gasteiger partial charge in [-0.3, -0.25) is 0 Å². The zero-order valence-corrected chi connectivity index (χ0v) is 16.3. The molecule has 1 atom stereocenters. The van der Waals surface area contributed by atoms with Gasteiger partial charge in [0, 0.05) is 5.56 Å². The number of halogens is 3. The van der Waals surface area contributed by atoms with E-state index in [1.54, 1.807) is 19.1 Å². The fourth-order valence-electron chi connectivity index (χ4n) is 3.01. The Labute approximate surface area is 169 Å². The summed E-state index contributed by atoms with van der Waals surface area (Å²) in [6, 6.07) is 8.64. The molecule has 7 nitrogen and oxygen atoms in total. The number of aliphatic carboxylic acids is 1. The van der Waals surface area contributed by atoms with Crippen LogP contribution in [0.4, 0.5) is 13.2 Å². The normalized spacial score (nSPS) is 13.2. The van der Waals surface area contributed by atoms with Gasteiger partial charge >= 0.3 is 12.1 Å². The zero-order chi connectivity index (χ0) is 22.3. The molecule has 0 aliphatic heterocycles. The second-order valence-electron chi connectivity index (χ2n) is 6.57. The molecule has 1 heterocycles. The Kier molecular flexibility index (Phi) is 5.44. The minimum atomic E-state index is -4.90. The molecule has 0 aliphatic rings. The third kappa shape index (κ3) is 4.21. The molecule has 3 aromatic rings. The number of carboxylic acid groups (broad SMARTS) is 1. The van der Waals surface area contributed by atoms with Gasteiger partial charge in [-0.05, 0) is 30.2 Å². The number of nitrogens with two attached hydrogens (primary N) is 1. The lowest BCUT2D eigenvalue weighted by atomic mass is 10.0. The number of alkyl halides is 3. The summed E-state index contributed by atoms with van der Waals surface area (Å²) in [4.78, 5) is 11.6. The largest absolute Gasteiger partial charge is 0.479 e. The first-order valence-corrected chi connectivity index (χ1v) is 10.0. The Hall–Kier alpha value is -3.18. The van der Waals surface area contributed by atoms with Crippen molar-refractivity contribution in [1.82, 2.24) is 9.78 Å². The Morgan fingerprint density at radius 3 is 2.13 bits per heavy atom. The van der Waals surface area contributed by atoms with Crippen LogP contribution in [0.25, 0.3) is 11.1 Å². The topological polar surface area (TPSA) is 115 Å². The predicted molar refractivity (Wildman–Crippen MR) is 101 cm³/mol. The Morgan fingerprint density at radius 2 is 1.67 bits per heavy atom. The van der Waals surface area contributed by atoms with Crippen LogP contribution >= 0.6 is 0 Å². The van der Waals surface area contributed by atoms with Crippen molar-refractivity contribution in [1.29, 1.82) is 0 Å². The smallest absolute Gasteiger partial charge is 0.433 e. The van der Waals surface area contributed by atoms with Crippen molar-refractivity contribution in [3.8, 4) is 11.1 Å². The molecule has 0 saturated heterocycles. The van der Waals surface area contributed by atoms with Crippen molar-refractivity contribution in [2.75, 3.05) is 0 Å². The zero-order valence-electron chi connectivity index (χ0n) is 15.5. The summed E-state index contributed by atoms with van der Waals surface area (Å²) >= 11 is 0. The van der Waals surface area contributed by atoms with Crippen LogP contribution in [-0.4, -0.2) is 29.3 Å². The van der Waals surface area contributed by atoms with Crippen LogP contribution in [0.2, 0.25) is 0 Å². The van der Waals surface area contributed by atoms with Crippen molar-refractivity contribution in [3.63, 3.8) is 0 Å². The molecule has 0 aliphatic carbocycles. The van der Waals surface area contributed by atoms with E-state index in [1.807, 2.05) is 0 Å². The van der Waals surface area contributed by atoms with Gasteiger partial charge < -0.3 is 5.11 Å². The fraction of sp³-hybridized carbons (Fsp3) is 0.158. The monoisotopic (exact) mass is 439 g/mol. The molecule has 11 heteroatoms. The van der Waals surface area contributed by atoms with Crippen molar-refractivity contribution in [3.05, 3.63) is 71.5 Å². The first kappa shape index (κ1) is 21.5. The number of hydrogen-bond acceptors (Lipinski definition) is 4. The van der Waals surface area contributed by atoms with E-state index < -0.39 is 33.9 Å². The summed E-state index contributed by atoms with van der Waals surface area (Å²) in [5.41, 5.74) is -0.519. The van der Waals surface area contributed by atoms with Gasteiger partial charge in [0.05, 0.1) is 11.1 Å². The standard InChI is InChI=1S/C19H16F3N3O4S/c1-11-2-4-12(5-3-11)15-10-24-25(17(15)19(20,21)22)16(18(26)27)13-6-8-14(9-7-13)30(23,28)29/h2-10,16H,1H3,(H,26,27)(H2,23,28,29). The molecule has 0 amide bonds. The van der Waals surface area contributed by atoms with Crippen molar-refractivity contribution >= 4 is 16.0 Å². The van der Waals surface area contributed by atoms with Gasteiger partial charge in [0.1, 0.15) is 0 Å². The second kappa shape index (κ2) is 7.58. The third-order valence-electron chi connectivity index (χ3n) is 4.43.